The molecule has 6 heteroatoms. The zero-order valence-corrected chi connectivity index (χ0v) is 14.1. The summed E-state index contributed by atoms with van der Waals surface area (Å²) in [5.41, 5.74) is 1.43. The molecule has 24 heavy (non-hydrogen) atoms. The maximum Gasteiger partial charge on any atom is 0.264 e. The Bertz CT molecular complexity index is 797. The van der Waals surface area contributed by atoms with Gasteiger partial charge in [0.1, 0.15) is 11.5 Å². The maximum atomic E-state index is 13.0. The van der Waals surface area contributed by atoms with Crippen LogP contribution in [-0.2, 0) is 6.54 Å². The summed E-state index contributed by atoms with van der Waals surface area (Å²) < 4.78 is 18.3. The van der Waals surface area contributed by atoms with Crippen LogP contribution in [0.5, 0.6) is 0 Å². The fourth-order valence-corrected chi connectivity index (χ4v) is 3.10. The van der Waals surface area contributed by atoms with E-state index in [0.29, 0.717) is 29.4 Å². The highest BCUT2D eigenvalue weighted by atomic mass is 32.1. The second-order valence-electron chi connectivity index (χ2n) is 5.39. The fraction of sp³-hybridized carbons (Fsp3) is 0.222. The van der Waals surface area contributed by atoms with E-state index in [0.717, 1.165) is 12.0 Å². The average molecular weight is 344 g/mol. The minimum Gasteiger partial charge on any atom is -0.356 e. The second-order valence-corrected chi connectivity index (χ2v) is 6.34. The van der Waals surface area contributed by atoms with Crippen molar-refractivity contribution in [2.75, 3.05) is 6.54 Å². The molecule has 0 spiro atoms. The van der Waals surface area contributed by atoms with Gasteiger partial charge in [-0.25, -0.2) is 4.39 Å². The lowest BCUT2D eigenvalue weighted by Gasteiger charge is -2.19. The maximum absolute atomic E-state index is 13.0. The Kier molecular flexibility index (Phi) is 5.05. The molecule has 4 nitrogen and oxygen atoms in total. The summed E-state index contributed by atoms with van der Waals surface area (Å²) in [5.74, 6) is 0.261. The first-order valence-electron chi connectivity index (χ1n) is 7.71. The molecule has 0 aliphatic rings. The lowest BCUT2D eigenvalue weighted by atomic mass is 10.1. The van der Waals surface area contributed by atoms with Gasteiger partial charge in [0.25, 0.3) is 5.91 Å². The minimum absolute atomic E-state index is 0.00168. The molecule has 0 bridgehead atoms. The van der Waals surface area contributed by atoms with Crippen molar-refractivity contribution in [1.82, 2.24) is 10.1 Å². The number of halogens is 1. The van der Waals surface area contributed by atoms with E-state index in [1.54, 1.807) is 23.1 Å². The van der Waals surface area contributed by atoms with Crippen LogP contribution in [0.25, 0.3) is 11.3 Å². The molecule has 0 aliphatic carbocycles. The first kappa shape index (κ1) is 16.4. The summed E-state index contributed by atoms with van der Waals surface area (Å²) in [7, 11) is 0. The molecule has 124 valence electrons. The van der Waals surface area contributed by atoms with Crippen molar-refractivity contribution in [2.24, 2.45) is 0 Å². The number of rotatable bonds is 6. The van der Waals surface area contributed by atoms with Crippen LogP contribution in [0.15, 0.2) is 52.4 Å². The molecular weight excluding hydrogens is 327 g/mol. The van der Waals surface area contributed by atoms with Crippen molar-refractivity contribution < 1.29 is 13.7 Å². The number of thiophene rings is 1. The van der Waals surface area contributed by atoms with Gasteiger partial charge in [-0.05, 0) is 42.1 Å². The SMILES string of the molecule is CCCN(Cc1cc(-c2ccc(F)cc2)on1)C(=O)c1cccs1. The summed E-state index contributed by atoms with van der Waals surface area (Å²) in [6.45, 7) is 3.06. The lowest BCUT2D eigenvalue weighted by Crippen LogP contribution is -2.30. The highest BCUT2D eigenvalue weighted by Gasteiger charge is 2.18. The van der Waals surface area contributed by atoms with Crippen LogP contribution < -0.4 is 0 Å². The van der Waals surface area contributed by atoms with E-state index in [1.165, 1.54) is 23.5 Å². The van der Waals surface area contributed by atoms with Gasteiger partial charge in [0.2, 0.25) is 0 Å². The number of carbonyl (C=O) groups excluding carboxylic acids is 1. The number of aromatic nitrogens is 1. The molecule has 0 atom stereocenters. The number of benzene rings is 1. The molecular formula is C18H17FN2O2S. The van der Waals surface area contributed by atoms with Gasteiger partial charge in [-0.15, -0.1) is 11.3 Å². The van der Waals surface area contributed by atoms with Gasteiger partial charge in [-0.3, -0.25) is 4.79 Å². The Morgan fingerprint density at radius 1 is 1.29 bits per heavy atom. The molecule has 0 N–H and O–H groups in total. The largest absolute Gasteiger partial charge is 0.356 e. The Hall–Kier alpha value is -2.47. The molecule has 3 aromatic rings. The third-order valence-corrected chi connectivity index (χ3v) is 4.41. The fourth-order valence-electron chi connectivity index (χ4n) is 2.41. The van der Waals surface area contributed by atoms with Crippen LogP contribution in [0.4, 0.5) is 4.39 Å². The molecule has 0 fully saturated rings. The first-order chi connectivity index (χ1) is 11.7. The zero-order valence-electron chi connectivity index (χ0n) is 13.2. The van der Waals surface area contributed by atoms with E-state index in [1.807, 2.05) is 24.4 Å². The van der Waals surface area contributed by atoms with Gasteiger partial charge in [0.05, 0.1) is 11.4 Å². The zero-order chi connectivity index (χ0) is 16.9. The van der Waals surface area contributed by atoms with Crippen LogP contribution in [-0.4, -0.2) is 22.5 Å². The minimum atomic E-state index is -0.297. The summed E-state index contributed by atoms with van der Waals surface area (Å²) in [6.07, 6.45) is 0.861. The number of carbonyl (C=O) groups is 1. The van der Waals surface area contributed by atoms with E-state index >= 15 is 0 Å². The first-order valence-corrected chi connectivity index (χ1v) is 8.59. The van der Waals surface area contributed by atoms with Gasteiger partial charge < -0.3 is 9.42 Å². The van der Waals surface area contributed by atoms with Crippen molar-refractivity contribution in [3.8, 4) is 11.3 Å². The van der Waals surface area contributed by atoms with Gasteiger partial charge >= 0.3 is 0 Å². The second kappa shape index (κ2) is 7.40. The lowest BCUT2D eigenvalue weighted by molar-refractivity contribution is 0.0744. The summed E-state index contributed by atoms with van der Waals surface area (Å²) >= 11 is 1.43. The Morgan fingerprint density at radius 2 is 2.08 bits per heavy atom. The molecule has 1 aromatic carbocycles. The normalized spacial score (nSPS) is 10.8. The van der Waals surface area contributed by atoms with E-state index in [9.17, 15) is 9.18 Å². The molecule has 0 aliphatic heterocycles. The van der Waals surface area contributed by atoms with E-state index in [2.05, 4.69) is 5.16 Å². The highest BCUT2D eigenvalue weighted by molar-refractivity contribution is 7.12. The van der Waals surface area contributed by atoms with Crippen molar-refractivity contribution in [1.29, 1.82) is 0 Å². The van der Waals surface area contributed by atoms with Gasteiger partial charge in [-0.1, -0.05) is 18.1 Å². The highest BCUT2D eigenvalue weighted by Crippen LogP contribution is 2.22. The summed E-state index contributed by atoms with van der Waals surface area (Å²) in [5, 5.41) is 5.93. The predicted molar refractivity (Wildman–Crippen MR) is 91.2 cm³/mol. The Morgan fingerprint density at radius 3 is 2.75 bits per heavy atom. The van der Waals surface area contributed by atoms with Crippen LogP contribution in [0.3, 0.4) is 0 Å². The summed E-state index contributed by atoms with van der Waals surface area (Å²) in [6, 6.07) is 11.5. The molecule has 3 rings (SSSR count). The number of hydrogen-bond donors (Lipinski definition) is 0. The van der Waals surface area contributed by atoms with Gasteiger partial charge in [0.15, 0.2) is 5.76 Å². The van der Waals surface area contributed by atoms with Crippen molar-refractivity contribution in [3.05, 3.63) is 64.2 Å². The standard InChI is InChI=1S/C18H17FN2O2S/c1-2-9-21(18(22)17-4-3-10-24-17)12-15-11-16(23-20-15)13-5-7-14(19)8-6-13/h3-8,10-11H,2,9,12H2,1H3. The van der Waals surface area contributed by atoms with Crippen molar-refractivity contribution in [3.63, 3.8) is 0 Å². The average Bonchev–Trinajstić information content (AvgIpc) is 3.26. The molecule has 0 saturated heterocycles. The van der Waals surface area contributed by atoms with Crippen LogP contribution in [0.2, 0.25) is 0 Å². The third kappa shape index (κ3) is 3.71. The van der Waals surface area contributed by atoms with Gasteiger partial charge in [-0.2, -0.15) is 0 Å². The Labute approximate surface area is 143 Å². The third-order valence-electron chi connectivity index (χ3n) is 3.55. The molecule has 2 heterocycles. The number of hydrogen-bond acceptors (Lipinski definition) is 4. The van der Waals surface area contributed by atoms with Crippen LogP contribution in [0.1, 0.15) is 28.7 Å². The predicted octanol–water partition coefficient (Wildman–Crippen LogP) is 4.59. The van der Waals surface area contributed by atoms with Crippen molar-refractivity contribution in [2.45, 2.75) is 19.9 Å². The number of nitrogens with zero attached hydrogens (tertiary/aromatic N) is 2. The van der Waals surface area contributed by atoms with E-state index in [-0.39, 0.29) is 11.7 Å². The monoisotopic (exact) mass is 344 g/mol. The summed E-state index contributed by atoms with van der Waals surface area (Å²) in [4.78, 5) is 15.0. The van der Waals surface area contributed by atoms with Gasteiger partial charge in [0, 0.05) is 18.2 Å². The topological polar surface area (TPSA) is 46.3 Å². The van der Waals surface area contributed by atoms with Crippen LogP contribution >= 0.6 is 11.3 Å². The van der Waals surface area contributed by atoms with Crippen molar-refractivity contribution >= 4 is 17.2 Å². The molecule has 0 saturated carbocycles. The quantitative estimate of drug-likeness (QED) is 0.657. The number of amides is 1. The van der Waals surface area contributed by atoms with Crippen LogP contribution in [0, 0.1) is 5.82 Å². The molecule has 0 unspecified atom stereocenters. The molecule has 1 amide bonds. The molecule has 0 radical (unpaired) electrons. The van der Waals surface area contributed by atoms with E-state index in [4.69, 9.17) is 4.52 Å². The van der Waals surface area contributed by atoms with E-state index < -0.39 is 0 Å². The molecule has 2 aromatic heterocycles. The Balaban J connectivity index is 1.76. The smallest absolute Gasteiger partial charge is 0.264 e.